The molecule has 0 saturated heterocycles. The van der Waals surface area contributed by atoms with E-state index < -0.39 is 9.75 Å². The van der Waals surface area contributed by atoms with Crippen LogP contribution in [0.4, 0.5) is 0 Å². The number of amides is 1. The van der Waals surface area contributed by atoms with Crippen molar-refractivity contribution in [2.24, 2.45) is 11.3 Å². The summed E-state index contributed by atoms with van der Waals surface area (Å²) in [4.78, 5) is 12.1. The van der Waals surface area contributed by atoms with Crippen LogP contribution in [0, 0.1) is 11.3 Å². The molecule has 1 N–H and O–H groups in total. The number of methoxy groups -OCH3 is 1. The number of nitrogens with one attached hydrogen (secondary N) is 1. The monoisotopic (exact) mass is 267 g/mol. The predicted molar refractivity (Wildman–Crippen MR) is 65.8 cm³/mol. The number of rotatable bonds is 5. The van der Waals surface area contributed by atoms with Gasteiger partial charge in [-0.15, -0.1) is 23.2 Å². The quantitative estimate of drug-likeness (QED) is 0.777. The fourth-order valence-electron chi connectivity index (χ4n) is 2.33. The fraction of sp³-hybridized carbons (Fsp3) is 0.909. The number of ether oxygens (including phenoxy) is 1. The number of carbonyl (C=O) groups is 1. The summed E-state index contributed by atoms with van der Waals surface area (Å²) >= 11 is 12.3. The molecule has 3 atom stereocenters. The van der Waals surface area contributed by atoms with E-state index in [-0.39, 0.29) is 17.9 Å². The largest absolute Gasteiger partial charge is 0.383 e. The van der Waals surface area contributed by atoms with Gasteiger partial charge in [0, 0.05) is 19.1 Å². The maximum absolute atomic E-state index is 12.1. The van der Waals surface area contributed by atoms with Crippen molar-refractivity contribution in [2.45, 2.75) is 37.6 Å². The van der Waals surface area contributed by atoms with Gasteiger partial charge < -0.3 is 10.1 Å². The molecule has 1 aliphatic carbocycles. The number of alkyl halides is 2. The van der Waals surface area contributed by atoms with Gasteiger partial charge >= 0.3 is 0 Å². The maximum atomic E-state index is 12.1. The molecule has 1 fully saturated rings. The van der Waals surface area contributed by atoms with E-state index in [1.165, 1.54) is 0 Å². The molecule has 5 heteroatoms. The van der Waals surface area contributed by atoms with Gasteiger partial charge in [-0.2, -0.15) is 0 Å². The standard InChI is InChI=1S/C11H19Cl2NO2/c1-5-10(8(3)11(10,12)13)9(15)14-7(2)6-16-4/h7-8H,5-6H2,1-4H3,(H,14,15). The van der Waals surface area contributed by atoms with E-state index >= 15 is 0 Å². The Labute approximate surface area is 107 Å². The molecule has 1 saturated carbocycles. The van der Waals surface area contributed by atoms with Gasteiger partial charge in [0.1, 0.15) is 4.33 Å². The molecule has 0 bridgehead atoms. The Bertz CT molecular complexity index is 283. The van der Waals surface area contributed by atoms with Gasteiger partial charge in [0.15, 0.2) is 0 Å². The smallest absolute Gasteiger partial charge is 0.229 e. The highest BCUT2D eigenvalue weighted by atomic mass is 35.5. The molecule has 0 spiro atoms. The minimum atomic E-state index is -0.932. The third-order valence-corrected chi connectivity index (χ3v) is 4.88. The molecule has 3 nitrogen and oxygen atoms in total. The van der Waals surface area contributed by atoms with Gasteiger partial charge in [0.05, 0.1) is 12.0 Å². The summed E-state index contributed by atoms with van der Waals surface area (Å²) < 4.78 is 4.04. The van der Waals surface area contributed by atoms with E-state index in [0.29, 0.717) is 13.0 Å². The minimum absolute atomic E-state index is 0.0110. The highest BCUT2D eigenvalue weighted by Gasteiger charge is 2.76. The van der Waals surface area contributed by atoms with E-state index in [1.807, 2.05) is 20.8 Å². The van der Waals surface area contributed by atoms with Crippen LogP contribution < -0.4 is 5.32 Å². The molecular formula is C11H19Cl2NO2. The molecule has 3 unspecified atom stereocenters. The normalized spacial score (nSPS) is 33.2. The predicted octanol–water partition coefficient (Wildman–Crippen LogP) is 2.36. The third kappa shape index (κ3) is 1.93. The highest BCUT2D eigenvalue weighted by molar-refractivity contribution is 6.53. The molecule has 16 heavy (non-hydrogen) atoms. The van der Waals surface area contributed by atoms with Crippen LogP contribution in [0.3, 0.4) is 0 Å². The van der Waals surface area contributed by atoms with Crippen LogP contribution in [-0.2, 0) is 9.53 Å². The second kappa shape index (κ2) is 4.71. The van der Waals surface area contributed by atoms with Crippen LogP contribution in [-0.4, -0.2) is 30.0 Å². The summed E-state index contributed by atoms with van der Waals surface area (Å²) in [7, 11) is 1.60. The number of halogens is 2. The van der Waals surface area contributed by atoms with Gasteiger partial charge in [0.25, 0.3) is 0 Å². The van der Waals surface area contributed by atoms with Crippen LogP contribution in [0.1, 0.15) is 27.2 Å². The zero-order valence-electron chi connectivity index (χ0n) is 10.1. The van der Waals surface area contributed by atoms with Crippen LogP contribution in [0.2, 0.25) is 0 Å². The van der Waals surface area contributed by atoms with Crippen molar-refractivity contribution >= 4 is 29.1 Å². The van der Waals surface area contributed by atoms with E-state index in [1.54, 1.807) is 7.11 Å². The SMILES string of the molecule is CCC1(C(=O)NC(C)COC)C(C)C1(Cl)Cl. The molecular weight excluding hydrogens is 249 g/mol. The minimum Gasteiger partial charge on any atom is -0.383 e. The van der Waals surface area contributed by atoms with Gasteiger partial charge in [-0.25, -0.2) is 0 Å². The second-order valence-corrected chi connectivity index (χ2v) is 5.89. The average Bonchev–Trinajstić information content (AvgIpc) is 2.62. The van der Waals surface area contributed by atoms with E-state index in [4.69, 9.17) is 27.9 Å². The van der Waals surface area contributed by atoms with Crippen molar-refractivity contribution < 1.29 is 9.53 Å². The summed E-state index contributed by atoms with van der Waals surface area (Å²) in [6, 6.07) is -0.0298. The molecule has 0 aromatic carbocycles. The topological polar surface area (TPSA) is 38.3 Å². The van der Waals surface area contributed by atoms with Gasteiger partial charge in [-0.3, -0.25) is 4.79 Å². The summed E-state index contributed by atoms with van der Waals surface area (Å²) in [5.74, 6) is -0.0832. The van der Waals surface area contributed by atoms with Crippen molar-refractivity contribution in [1.29, 1.82) is 0 Å². The van der Waals surface area contributed by atoms with Gasteiger partial charge in [-0.1, -0.05) is 13.8 Å². The molecule has 0 aliphatic heterocycles. The first-order valence-electron chi connectivity index (χ1n) is 5.52. The van der Waals surface area contributed by atoms with Crippen molar-refractivity contribution in [3.63, 3.8) is 0 Å². The van der Waals surface area contributed by atoms with E-state index in [2.05, 4.69) is 5.32 Å². The first-order chi connectivity index (χ1) is 7.34. The summed E-state index contributed by atoms with van der Waals surface area (Å²) in [5.41, 5.74) is -0.641. The Morgan fingerprint density at radius 2 is 2.06 bits per heavy atom. The molecule has 94 valence electrons. The summed E-state index contributed by atoms with van der Waals surface area (Å²) in [6.45, 7) is 6.22. The molecule has 0 radical (unpaired) electrons. The lowest BCUT2D eigenvalue weighted by atomic mass is 9.99. The third-order valence-electron chi connectivity index (χ3n) is 3.55. The highest BCUT2D eigenvalue weighted by Crippen LogP contribution is 2.70. The number of hydrogen-bond acceptors (Lipinski definition) is 2. The Morgan fingerprint density at radius 3 is 2.38 bits per heavy atom. The lowest BCUT2D eigenvalue weighted by Gasteiger charge is -2.19. The van der Waals surface area contributed by atoms with Crippen LogP contribution >= 0.6 is 23.2 Å². The zero-order valence-corrected chi connectivity index (χ0v) is 11.7. The van der Waals surface area contributed by atoms with Crippen molar-refractivity contribution in [2.75, 3.05) is 13.7 Å². The maximum Gasteiger partial charge on any atom is 0.229 e. The molecule has 1 amide bonds. The zero-order chi connectivity index (χ0) is 12.6. The Morgan fingerprint density at radius 1 is 1.56 bits per heavy atom. The van der Waals surface area contributed by atoms with E-state index in [0.717, 1.165) is 0 Å². The van der Waals surface area contributed by atoms with Crippen LogP contribution in [0.5, 0.6) is 0 Å². The fourth-order valence-corrected chi connectivity index (χ4v) is 3.36. The van der Waals surface area contributed by atoms with Crippen molar-refractivity contribution in [3.05, 3.63) is 0 Å². The van der Waals surface area contributed by atoms with Crippen molar-refractivity contribution in [3.8, 4) is 0 Å². The Balaban J connectivity index is 2.67. The van der Waals surface area contributed by atoms with Crippen LogP contribution in [0.15, 0.2) is 0 Å². The summed E-state index contributed by atoms with van der Waals surface area (Å²) in [6.07, 6.45) is 0.646. The number of carbonyl (C=O) groups excluding carboxylic acids is 1. The Hall–Kier alpha value is 0.01000. The molecule has 0 aromatic rings. The van der Waals surface area contributed by atoms with E-state index in [9.17, 15) is 4.79 Å². The average molecular weight is 268 g/mol. The molecule has 1 aliphatic rings. The lowest BCUT2D eigenvalue weighted by molar-refractivity contribution is -0.128. The first kappa shape index (κ1) is 14.1. The van der Waals surface area contributed by atoms with Gasteiger partial charge in [0.2, 0.25) is 5.91 Å². The second-order valence-electron chi connectivity index (χ2n) is 4.50. The summed E-state index contributed by atoms with van der Waals surface area (Å²) in [5, 5.41) is 2.89. The first-order valence-corrected chi connectivity index (χ1v) is 6.27. The van der Waals surface area contributed by atoms with Crippen molar-refractivity contribution in [1.82, 2.24) is 5.32 Å². The molecule has 0 aromatic heterocycles. The van der Waals surface area contributed by atoms with Gasteiger partial charge in [-0.05, 0) is 13.3 Å². The molecule has 1 rings (SSSR count). The molecule has 0 heterocycles. The van der Waals surface area contributed by atoms with Crippen LogP contribution in [0.25, 0.3) is 0 Å². The number of hydrogen-bond donors (Lipinski definition) is 1. The lowest BCUT2D eigenvalue weighted by Crippen LogP contribution is -2.42. The Kier molecular flexibility index (Phi) is 4.14.